The van der Waals surface area contributed by atoms with Gasteiger partial charge in [-0.25, -0.2) is 4.79 Å². The first kappa shape index (κ1) is 17.4. The van der Waals surface area contributed by atoms with Gasteiger partial charge in [-0.1, -0.05) is 37.3 Å². The van der Waals surface area contributed by atoms with Crippen molar-refractivity contribution in [3.05, 3.63) is 99.8 Å². The molecule has 0 fully saturated rings. The summed E-state index contributed by atoms with van der Waals surface area (Å²) in [6.07, 6.45) is 1.78. The predicted octanol–water partition coefficient (Wildman–Crippen LogP) is 4.02. The van der Waals surface area contributed by atoms with Crippen molar-refractivity contribution >= 4 is 17.0 Å². The fraction of sp³-hybridized carbons (Fsp3) is 0.174. The standard InChI is InChI=1S/C23H19N3O3/c1-14(18-8-4-5-11-24-18)21-16-6-2-3-7-17(16)22(27)26(21)13-15-9-10-19-20(12-15)29-23(28)25-19/h2-12,14,21H,13H2,1H3,(H,25,28)/t14-,21+/m0/s1. The number of nitrogens with zero attached hydrogens (tertiary/aromatic N) is 2. The molecule has 2 aromatic heterocycles. The van der Waals surface area contributed by atoms with Gasteiger partial charge in [-0.3, -0.25) is 14.8 Å². The fourth-order valence-corrected chi connectivity index (χ4v) is 4.20. The van der Waals surface area contributed by atoms with E-state index in [1.165, 1.54) is 0 Å². The van der Waals surface area contributed by atoms with Crippen LogP contribution in [0.4, 0.5) is 0 Å². The van der Waals surface area contributed by atoms with Gasteiger partial charge in [0.1, 0.15) is 0 Å². The number of carbonyl (C=O) groups is 1. The first-order chi connectivity index (χ1) is 14.1. The summed E-state index contributed by atoms with van der Waals surface area (Å²) >= 11 is 0. The lowest BCUT2D eigenvalue weighted by Crippen LogP contribution is -2.30. The van der Waals surface area contributed by atoms with Crippen molar-refractivity contribution in [2.45, 2.75) is 25.4 Å². The van der Waals surface area contributed by atoms with E-state index in [9.17, 15) is 9.59 Å². The summed E-state index contributed by atoms with van der Waals surface area (Å²) in [7, 11) is 0. The van der Waals surface area contributed by atoms with Gasteiger partial charge in [0.25, 0.3) is 5.91 Å². The van der Waals surface area contributed by atoms with Gasteiger partial charge in [0.05, 0.1) is 11.6 Å². The Hall–Kier alpha value is -3.67. The van der Waals surface area contributed by atoms with Gasteiger partial charge in [-0.05, 0) is 41.5 Å². The topological polar surface area (TPSA) is 79.2 Å². The summed E-state index contributed by atoms with van der Waals surface area (Å²) in [5.41, 5.74) is 4.73. The van der Waals surface area contributed by atoms with Crippen LogP contribution in [-0.4, -0.2) is 20.8 Å². The van der Waals surface area contributed by atoms with Crippen LogP contribution in [0.15, 0.2) is 76.1 Å². The first-order valence-electron chi connectivity index (χ1n) is 9.54. The summed E-state index contributed by atoms with van der Waals surface area (Å²) in [6.45, 7) is 2.52. The molecular formula is C23H19N3O3. The number of H-pyrrole nitrogens is 1. The van der Waals surface area contributed by atoms with Gasteiger partial charge < -0.3 is 9.32 Å². The fourth-order valence-electron chi connectivity index (χ4n) is 4.20. The van der Waals surface area contributed by atoms with E-state index >= 15 is 0 Å². The number of rotatable bonds is 4. The molecule has 0 spiro atoms. The Morgan fingerprint density at radius 1 is 1.10 bits per heavy atom. The van der Waals surface area contributed by atoms with Crippen LogP contribution in [0.2, 0.25) is 0 Å². The van der Waals surface area contributed by atoms with E-state index in [2.05, 4.69) is 16.9 Å². The number of pyridine rings is 1. The average molecular weight is 385 g/mol. The lowest BCUT2D eigenvalue weighted by atomic mass is 9.91. The minimum Gasteiger partial charge on any atom is -0.408 e. The Balaban J connectivity index is 1.55. The van der Waals surface area contributed by atoms with Crippen molar-refractivity contribution in [1.29, 1.82) is 0 Å². The molecule has 1 aliphatic heterocycles. The number of hydrogen-bond donors (Lipinski definition) is 1. The highest BCUT2D eigenvalue weighted by Gasteiger charge is 2.40. The molecule has 144 valence electrons. The number of nitrogens with one attached hydrogen (secondary N) is 1. The maximum atomic E-state index is 13.2. The molecule has 0 saturated heterocycles. The molecule has 0 saturated carbocycles. The third-order valence-corrected chi connectivity index (χ3v) is 5.57. The number of hydrogen-bond acceptors (Lipinski definition) is 4. The highest BCUT2D eigenvalue weighted by atomic mass is 16.4. The number of benzene rings is 2. The maximum absolute atomic E-state index is 13.2. The Morgan fingerprint density at radius 2 is 1.93 bits per heavy atom. The van der Waals surface area contributed by atoms with Crippen molar-refractivity contribution < 1.29 is 9.21 Å². The molecule has 1 amide bonds. The van der Waals surface area contributed by atoms with Crippen LogP contribution in [0.3, 0.4) is 0 Å². The summed E-state index contributed by atoms with van der Waals surface area (Å²) in [6, 6.07) is 19.0. The third-order valence-electron chi connectivity index (χ3n) is 5.57. The largest absolute Gasteiger partial charge is 0.417 e. The monoisotopic (exact) mass is 385 g/mol. The summed E-state index contributed by atoms with van der Waals surface area (Å²) in [5, 5.41) is 0. The van der Waals surface area contributed by atoms with Gasteiger partial charge in [-0.15, -0.1) is 0 Å². The SMILES string of the molecule is C[C@@H](c1ccccn1)[C@@H]1c2ccccc2C(=O)N1Cc1ccc2[nH]c(=O)oc2c1. The van der Waals surface area contributed by atoms with Crippen LogP contribution in [0.1, 0.15) is 46.1 Å². The molecule has 2 aromatic carbocycles. The molecule has 29 heavy (non-hydrogen) atoms. The highest BCUT2D eigenvalue weighted by molar-refractivity contribution is 5.99. The Kier molecular flexibility index (Phi) is 4.05. The minimum absolute atomic E-state index is 0.00370. The normalized spacial score (nSPS) is 16.9. The van der Waals surface area contributed by atoms with Crippen LogP contribution < -0.4 is 5.76 Å². The van der Waals surface area contributed by atoms with E-state index in [1.807, 2.05) is 59.5 Å². The van der Waals surface area contributed by atoms with Crippen LogP contribution in [0.25, 0.3) is 11.1 Å². The number of fused-ring (bicyclic) bond motifs is 2. The van der Waals surface area contributed by atoms with Crippen LogP contribution >= 0.6 is 0 Å². The molecular weight excluding hydrogens is 366 g/mol. The average Bonchev–Trinajstić information content (AvgIpc) is 3.25. The molecule has 6 heteroatoms. The molecule has 4 aromatic rings. The lowest BCUT2D eigenvalue weighted by molar-refractivity contribution is 0.0687. The van der Waals surface area contributed by atoms with Gasteiger partial charge in [-0.2, -0.15) is 0 Å². The number of amides is 1. The van der Waals surface area contributed by atoms with Crippen LogP contribution in [-0.2, 0) is 6.54 Å². The van der Waals surface area contributed by atoms with Gasteiger partial charge in [0.2, 0.25) is 0 Å². The molecule has 3 heterocycles. The quantitative estimate of drug-likeness (QED) is 0.575. The molecule has 6 nitrogen and oxygen atoms in total. The zero-order chi connectivity index (χ0) is 20.0. The van der Waals surface area contributed by atoms with Crippen LogP contribution in [0, 0.1) is 0 Å². The molecule has 1 N–H and O–H groups in total. The van der Waals surface area contributed by atoms with Crippen molar-refractivity contribution in [2.24, 2.45) is 0 Å². The Labute approximate surface area is 166 Å². The first-order valence-corrected chi connectivity index (χ1v) is 9.54. The van der Waals surface area contributed by atoms with Crippen molar-refractivity contribution in [2.75, 3.05) is 0 Å². The second-order valence-corrected chi connectivity index (χ2v) is 7.35. The second-order valence-electron chi connectivity index (χ2n) is 7.35. The highest BCUT2D eigenvalue weighted by Crippen LogP contribution is 2.43. The van der Waals surface area contributed by atoms with E-state index in [0.29, 0.717) is 17.6 Å². The second kappa shape index (κ2) is 6.74. The number of oxazole rings is 1. The van der Waals surface area contributed by atoms with E-state index in [0.717, 1.165) is 22.4 Å². The van der Waals surface area contributed by atoms with Crippen molar-refractivity contribution in [3.63, 3.8) is 0 Å². The van der Waals surface area contributed by atoms with Crippen molar-refractivity contribution in [1.82, 2.24) is 14.9 Å². The molecule has 5 rings (SSSR count). The zero-order valence-corrected chi connectivity index (χ0v) is 15.8. The molecule has 2 atom stereocenters. The van der Waals surface area contributed by atoms with Gasteiger partial charge in [0, 0.05) is 29.9 Å². The van der Waals surface area contributed by atoms with Gasteiger partial charge >= 0.3 is 5.76 Å². The summed E-state index contributed by atoms with van der Waals surface area (Å²) in [5.74, 6) is -0.454. The molecule has 0 unspecified atom stereocenters. The van der Waals surface area contributed by atoms with Crippen molar-refractivity contribution in [3.8, 4) is 0 Å². The number of aromatic amines is 1. The predicted molar refractivity (Wildman–Crippen MR) is 109 cm³/mol. The van der Waals surface area contributed by atoms with Gasteiger partial charge in [0.15, 0.2) is 5.58 Å². The number of aromatic nitrogens is 2. The Bertz CT molecular complexity index is 1260. The molecule has 0 aliphatic carbocycles. The third kappa shape index (κ3) is 2.93. The zero-order valence-electron chi connectivity index (χ0n) is 15.8. The van der Waals surface area contributed by atoms with E-state index in [1.54, 1.807) is 12.3 Å². The molecule has 1 aliphatic rings. The maximum Gasteiger partial charge on any atom is 0.417 e. The van der Waals surface area contributed by atoms with E-state index in [-0.39, 0.29) is 17.9 Å². The smallest absolute Gasteiger partial charge is 0.408 e. The van der Waals surface area contributed by atoms with E-state index < -0.39 is 5.76 Å². The minimum atomic E-state index is -0.483. The Morgan fingerprint density at radius 3 is 2.76 bits per heavy atom. The number of carbonyl (C=O) groups excluding carboxylic acids is 1. The molecule has 0 radical (unpaired) electrons. The molecule has 0 bridgehead atoms. The summed E-state index contributed by atoms with van der Waals surface area (Å²) in [4.78, 5) is 33.7. The van der Waals surface area contributed by atoms with Crippen LogP contribution in [0.5, 0.6) is 0 Å². The summed E-state index contributed by atoms with van der Waals surface area (Å²) < 4.78 is 5.18. The van der Waals surface area contributed by atoms with E-state index in [4.69, 9.17) is 4.42 Å². The lowest BCUT2D eigenvalue weighted by Gasteiger charge is -2.30.